The molecule has 3 rings (SSSR count). The molecule has 1 heterocycles. The number of anilines is 3. The molecule has 0 unspecified atom stereocenters. The van der Waals surface area contributed by atoms with Gasteiger partial charge in [-0.3, -0.25) is 0 Å². The minimum absolute atomic E-state index is 0.0113. The lowest BCUT2D eigenvalue weighted by Gasteiger charge is -2.17. The lowest BCUT2D eigenvalue weighted by Crippen LogP contribution is -2.23. The average Bonchev–Trinajstić information content (AvgIpc) is 2.76. The van der Waals surface area contributed by atoms with Gasteiger partial charge in [-0.2, -0.15) is 41.3 Å². The third kappa shape index (κ3) is 7.97. The van der Waals surface area contributed by atoms with Crippen LogP contribution in [0, 0.1) is 0 Å². The molecule has 3 N–H and O–H groups in total. The van der Waals surface area contributed by atoms with E-state index in [9.17, 15) is 31.4 Å². The summed E-state index contributed by atoms with van der Waals surface area (Å²) in [5.74, 6) is -0.127. The van der Waals surface area contributed by atoms with Gasteiger partial charge in [0, 0.05) is 17.8 Å². The quantitative estimate of drug-likeness (QED) is 0.310. The Morgan fingerprint density at radius 2 is 1.47 bits per heavy atom. The van der Waals surface area contributed by atoms with Crippen LogP contribution in [0.3, 0.4) is 0 Å². The van der Waals surface area contributed by atoms with Crippen molar-refractivity contribution in [2.75, 3.05) is 17.2 Å². The van der Waals surface area contributed by atoms with E-state index in [0.29, 0.717) is 6.42 Å². The Balaban J connectivity index is 1.83. The molecule has 0 bridgehead atoms. The second kappa shape index (κ2) is 10.6. The van der Waals surface area contributed by atoms with Gasteiger partial charge in [0.05, 0.1) is 16.7 Å². The first-order valence-electron chi connectivity index (χ1n) is 10.7. The number of hydrogen-bond acceptors (Lipinski definition) is 7. The maximum absolute atomic E-state index is 13.3. The van der Waals surface area contributed by atoms with E-state index >= 15 is 0 Å². The Bertz CT molecular complexity index is 1160. The molecule has 0 fully saturated rings. The van der Waals surface area contributed by atoms with Gasteiger partial charge >= 0.3 is 18.4 Å². The van der Waals surface area contributed by atoms with E-state index < -0.39 is 35.7 Å². The van der Waals surface area contributed by atoms with Crippen LogP contribution in [-0.2, 0) is 19.0 Å². The lowest BCUT2D eigenvalue weighted by atomic mass is 10.1. The number of rotatable bonds is 9. The van der Waals surface area contributed by atoms with Gasteiger partial charge in [-0.1, -0.05) is 18.2 Å². The monoisotopic (exact) mass is 515 g/mol. The molecule has 0 radical (unpaired) electrons. The SMILES string of the molecule is CC(C)(O)CCNc1nc(Nc2ccc(C(F)(F)F)cc2)nc(OCc2ccccc2C(F)(F)F)n1. The summed E-state index contributed by atoms with van der Waals surface area (Å²) in [5.41, 5.74) is -2.61. The normalized spacial score (nSPS) is 12.4. The van der Waals surface area contributed by atoms with Crippen LogP contribution < -0.4 is 15.4 Å². The summed E-state index contributed by atoms with van der Waals surface area (Å²) >= 11 is 0. The van der Waals surface area contributed by atoms with Crippen LogP contribution >= 0.6 is 0 Å². The van der Waals surface area contributed by atoms with Gasteiger partial charge < -0.3 is 20.5 Å². The number of nitrogens with one attached hydrogen (secondary N) is 2. The van der Waals surface area contributed by atoms with Gasteiger partial charge in [-0.05, 0) is 50.6 Å². The fourth-order valence-electron chi connectivity index (χ4n) is 2.97. The molecular formula is C23H23F6N5O2. The molecule has 36 heavy (non-hydrogen) atoms. The maximum Gasteiger partial charge on any atom is 0.416 e. The molecule has 0 aliphatic carbocycles. The average molecular weight is 515 g/mol. The second-order valence-corrected chi connectivity index (χ2v) is 8.40. The largest absolute Gasteiger partial charge is 0.458 e. The summed E-state index contributed by atoms with van der Waals surface area (Å²) < 4.78 is 83.7. The molecule has 0 saturated heterocycles. The highest BCUT2D eigenvalue weighted by Gasteiger charge is 2.33. The molecule has 0 spiro atoms. The minimum Gasteiger partial charge on any atom is -0.458 e. The molecule has 7 nitrogen and oxygen atoms in total. The Labute approximate surface area is 202 Å². The Kier molecular flexibility index (Phi) is 7.92. The number of hydrogen-bond donors (Lipinski definition) is 3. The van der Waals surface area contributed by atoms with Crippen LogP contribution in [0.4, 0.5) is 43.9 Å². The van der Waals surface area contributed by atoms with Gasteiger partial charge in [0.15, 0.2) is 0 Å². The predicted octanol–water partition coefficient (Wildman–Crippen LogP) is 5.80. The summed E-state index contributed by atoms with van der Waals surface area (Å²) in [6.45, 7) is 2.95. The highest BCUT2D eigenvalue weighted by Crippen LogP contribution is 2.33. The minimum atomic E-state index is -4.59. The lowest BCUT2D eigenvalue weighted by molar-refractivity contribution is -0.139. The molecule has 194 valence electrons. The summed E-state index contributed by atoms with van der Waals surface area (Å²) in [4.78, 5) is 12.2. The van der Waals surface area contributed by atoms with E-state index in [0.717, 1.165) is 18.2 Å². The fraction of sp³-hybridized carbons (Fsp3) is 0.348. The van der Waals surface area contributed by atoms with Crippen LogP contribution in [0.1, 0.15) is 37.0 Å². The number of nitrogens with zero attached hydrogens (tertiary/aromatic N) is 3. The predicted molar refractivity (Wildman–Crippen MR) is 120 cm³/mol. The Hall–Kier alpha value is -3.61. The number of ether oxygens (including phenoxy) is 1. The number of benzene rings is 2. The molecule has 0 amide bonds. The van der Waals surface area contributed by atoms with Crippen molar-refractivity contribution in [1.29, 1.82) is 0 Å². The summed E-state index contributed by atoms with van der Waals surface area (Å²) in [5, 5.41) is 15.5. The topological polar surface area (TPSA) is 92.2 Å². The second-order valence-electron chi connectivity index (χ2n) is 8.40. The number of aliphatic hydroxyl groups is 1. The van der Waals surface area contributed by atoms with Crippen molar-refractivity contribution < 1.29 is 36.2 Å². The standard InChI is InChI=1S/C23H23F6N5O2/c1-21(2,35)11-12-30-18-32-19(31-16-9-7-15(8-10-16)22(24,25)26)34-20(33-18)36-13-14-5-3-4-6-17(14)23(27,28)29/h3-10,35H,11-13H2,1-2H3,(H2,30,31,32,33,34). The first-order valence-corrected chi connectivity index (χ1v) is 10.7. The molecule has 3 aromatic rings. The Morgan fingerprint density at radius 3 is 2.08 bits per heavy atom. The molecule has 0 aliphatic rings. The van der Waals surface area contributed by atoms with E-state index in [1.54, 1.807) is 13.8 Å². The van der Waals surface area contributed by atoms with E-state index in [1.807, 2.05) is 0 Å². The van der Waals surface area contributed by atoms with Crippen molar-refractivity contribution >= 4 is 17.6 Å². The fourth-order valence-corrected chi connectivity index (χ4v) is 2.97. The summed E-state index contributed by atoms with van der Waals surface area (Å²) in [6.07, 6.45) is -8.77. The zero-order chi connectivity index (χ0) is 26.6. The maximum atomic E-state index is 13.3. The van der Waals surface area contributed by atoms with Crippen molar-refractivity contribution in [3.63, 3.8) is 0 Å². The van der Waals surface area contributed by atoms with Gasteiger partial charge in [-0.15, -0.1) is 0 Å². The third-order valence-electron chi connectivity index (χ3n) is 4.78. The van der Waals surface area contributed by atoms with Gasteiger partial charge in [0.2, 0.25) is 11.9 Å². The number of halogens is 6. The van der Waals surface area contributed by atoms with Crippen molar-refractivity contribution in [3.05, 3.63) is 65.2 Å². The molecule has 1 aromatic heterocycles. The first kappa shape index (κ1) is 27.0. The molecule has 0 saturated carbocycles. The molecule has 2 aromatic carbocycles. The van der Waals surface area contributed by atoms with Crippen molar-refractivity contribution in [2.45, 2.75) is 44.8 Å². The van der Waals surface area contributed by atoms with Gasteiger partial charge in [0.25, 0.3) is 0 Å². The van der Waals surface area contributed by atoms with E-state index in [2.05, 4.69) is 25.6 Å². The Morgan fingerprint density at radius 1 is 0.833 bits per heavy atom. The summed E-state index contributed by atoms with van der Waals surface area (Å²) in [6, 6.07) is 8.65. The highest BCUT2D eigenvalue weighted by molar-refractivity contribution is 5.55. The number of alkyl halides is 6. The zero-order valence-corrected chi connectivity index (χ0v) is 19.2. The van der Waals surface area contributed by atoms with E-state index in [1.165, 1.54) is 30.3 Å². The smallest absolute Gasteiger partial charge is 0.416 e. The van der Waals surface area contributed by atoms with Crippen LogP contribution in [0.25, 0.3) is 0 Å². The van der Waals surface area contributed by atoms with Crippen LogP contribution in [0.2, 0.25) is 0 Å². The first-order chi connectivity index (χ1) is 16.7. The van der Waals surface area contributed by atoms with E-state index in [-0.39, 0.29) is 35.7 Å². The van der Waals surface area contributed by atoms with Gasteiger partial charge in [0.1, 0.15) is 6.61 Å². The van der Waals surface area contributed by atoms with Crippen molar-refractivity contribution in [1.82, 2.24) is 15.0 Å². The molecule has 13 heteroatoms. The zero-order valence-electron chi connectivity index (χ0n) is 19.2. The molecule has 0 aliphatic heterocycles. The van der Waals surface area contributed by atoms with Crippen molar-refractivity contribution in [2.24, 2.45) is 0 Å². The third-order valence-corrected chi connectivity index (χ3v) is 4.78. The van der Waals surface area contributed by atoms with Gasteiger partial charge in [-0.25, -0.2) is 0 Å². The van der Waals surface area contributed by atoms with Crippen LogP contribution in [0.5, 0.6) is 6.01 Å². The van der Waals surface area contributed by atoms with Crippen molar-refractivity contribution in [3.8, 4) is 6.01 Å². The summed E-state index contributed by atoms with van der Waals surface area (Å²) in [7, 11) is 0. The molecular weight excluding hydrogens is 492 g/mol. The number of aromatic nitrogens is 3. The van der Waals surface area contributed by atoms with Crippen LogP contribution in [0.15, 0.2) is 48.5 Å². The highest BCUT2D eigenvalue weighted by atomic mass is 19.4. The van der Waals surface area contributed by atoms with E-state index in [4.69, 9.17) is 4.74 Å². The van der Waals surface area contributed by atoms with Crippen LogP contribution in [-0.4, -0.2) is 32.2 Å². The molecule has 0 atom stereocenters.